The Morgan fingerprint density at radius 2 is 1.00 bits per heavy atom. The topological polar surface area (TPSA) is 0 Å². The molecule has 0 aromatic heterocycles. The molecule has 0 nitrogen and oxygen atoms in total. The van der Waals surface area contributed by atoms with Gasteiger partial charge in [0.25, 0.3) is 0 Å². The molecular formula is C4H10S. The summed E-state index contributed by atoms with van der Waals surface area (Å²) in [5, 5.41) is 0. The van der Waals surface area contributed by atoms with Gasteiger partial charge in [-0.2, -0.15) is 0 Å². The van der Waals surface area contributed by atoms with Crippen molar-refractivity contribution in [2.45, 2.75) is 7.43 Å². The van der Waals surface area contributed by atoms with Gasteiger partial charge in [0.1, 0.15) is 0 Å². The van der Waals surface area contributed by atoms with Crippen molar-refractivity contribution in [3.05, 3.63) is 13.2 Å². The van der Waals surface area contributed by atoms with Gasteiger partial charge >= 0.3 is 0 Å². The predicted molar refractivity (Wildman–Crippen MR) is 32.7 cm³/mol. The van der Waals surface area contributed by atoms with Crippen LogP contribution in [-0.2, 0) is 0 Å². The standard InChI is InChI=1S/C2H4.CH2S.CH4/c2*1-2;/h1-2H2;1H2;1H4. The maximum Gasteiger partial charge on any atom is -0.0351 e. The minimum atomic E-state index is 0. The molecule has 1 heteroatoms. The third-order valence-corrected chi connectivity index (χ3v) is 0. The predicted octanol–water partition coefficient (Wildman–Crippen LogP) is 2.05. The average molecular weight is 90.2 g/mol. The van der Waals surface area contributed by atoms with E-state index in [4.69, 9.17) is 0 Å². The average Bonchev–Trinajstić information content (AvgIpc) is 1.50. The summed E-state index contributed by atoms with van der Waals surface area (Å²) in [6.07, 6.45) is 0. The van der Waals surface area contributed by atoms with Crippen molar-refractivity contribution in [3.8, 4) is 0 Å². The van der Waals surface area contributed by atoms with Crippen molar-refractivity contribution >= 4 is 18.1 Å². The second kappa shape index (κ2) is 1060. The summed E-state index contributed by atoms with van der Waals surface area (Å²) in [6, 6.07) is 0. The molecule has 0 aliphatic rings. The van der Waals surface area contributed by atoms with Crippen LogP contribution in [0.5, 0.6) is 0 Å². The van der Waals surface area contributed by atoms with E-state index in [1.165, 1.54) is 0 Å². The molecule has 32 valence electrons. The molecular weight excluding hydrogens is 80.1 g/mol. The van der Waals surface area contributed by atoms with E-state index >= 15 is 0 Å². The molecule has 0 saturated carbocycles. The molecule has 0 rings (SSSR count). The summed E-state index contributed by atoms with van der Waals surface area (Å²) in [5.74, 6) is 2.83. The highest BCUT2D eigenvalue weighted by molar-refractivity contribution is 7.77. The summed E-state index contributed by atoms with van der Waals surface area (Å²) < 4.78 is 0. The van der Waals surface area contributed by atoms with Gasteiger partial charge in [-0.05, 0) is 5.87 Å². The fourth-order valence-electron chi connectivity index (χ4n) is 0. The molecule has 5 heavy (non-hydrogen) atoms. The zero-order valence-corrected chi connectivity index (χ0v) is 3.35. The van der Waals surface area contributed by atoms with Crippen LogP contribution in [0.3, 0.4) is 0 Å². The van der Waals surface area contributed by atoms with Gasteiger partial charge in [-0.25, -0.2) is 0 Å². The molecule has 0 radical (unpaired) electrons. The van der Waals surface area contributed by atoms with Gasteiger partial charge < -0.3 is 0 Å². The van der Waals surface area contributed by atoms with Crippen LogP contribution in [-0.4, -0.2) is 5.87 Å². The zero-order chi connectivity index (χ0) is 4.00. The summed E-state index contributed by atoms with van der Waals surface area (Å²) in [6.45, 7) is 6.00. The Morgan fingerprint density at radius 3 is 1.00 bits per heavy atom. The monoisotopic (exact) mass is 90.1 g/mol. The molecule has 0 aliphatic heterocycles. The van der Waals surface area contributed by atoms with Crippen LogP contribution in [0.4, 0.5) is 0 Å². The molecule has 0 atom stereocenters. The third-order valence-electron chi connectivity index (χ3n) is 0. The Labute approximate surface area is 39.5 Å². The number of thiocarbonyl (C=S) groups is 1. The Hall–Kier alpha value is -0.170. The summed E-state index contributed by atoms with van der Waals surface area (Å²) in [7, 11) is 0. The van der Waals surface area contributed by atoms with E-state index < -0.39 is 0 Å². The van der Waals surface area contributed by atoms with E-state index in [2.05, 4.69) is 31.2 Å². The van der Waals surface area contributed by atoms with Crippen molar-refractivity contribution in [1.82, 2.24) is 0 Å². The molecule has 0 spiro atoms. The fraction of sp³-hybridized carbons (Fsp3) is 0.250. The highest BCUT2D eigenvalue weighted by Crippen LogP contribution is 1.03. The van der Waals surface area contributed by atoms with Crippen molar-refractivity contribution in [1.29, 1.82) is 0 Å². The van der Waals surface area contributed by atoms with Crippen LogP contribution in [0.25, 0.3) is 0 Å². The first-order chi connectivity index (χ1) is 2.00. The molecule has 0 unspecified atom stereocenters. The molecule has 0 saturated heterocycles. The molecule has 0 bridgehead atoms. The van der Waals surface area contributed by atoms with Crippen LogP contribution >= 0.6 is 12.2 Å². The van der Waals surface area contributed by atoms with Gasteiger partial charge in [-0.1, -0.05) is 19.6 Å². The molecule has 0 fully saturated rings. The summed E-state index contributed by atoms with van der Waals surface area (Å²) >= 11 is 3.83. The highest BCUT2D eigenvalue weighted by atomic mass is 32.1. The molecule has 0 heterocycles. The smallest absolute Gasteiger partial charge is 0.0351 e. The first-order valence-corrected chi connectivity index (χ1v) is 1.37. The first kappa shape index (κ1) is 21.2. The van der Waals surface area contributed by atoms with E-state index in [1.807, 2.05) is 0 Å². The van der Waals surface area contributed by atoms with Gasteiger partial charge in [-0.3, -0.25) is 0 Å². The van der Waals surface area contributed by atoms with Gasteiger partial charge in [0, 0.05) is 0 Å². The second-order valence-electron chi connectivity index (χ2n) is 0. The first-order valence-electron chi connectivity index (χ1n) is 0.789. The molecule has 0 amide bonds. The van der Waals surface area contributed by atoms with Crippen molar-refractivity contribution in [3.63, 3.8) is 0 Å². The molecule has 0 aromatic carbocycles. The van der Waals surface area contributed by atoms with E-state index in [-0.39, 0.29) is 7.43 Å². The Kier molecular flexibility index (Phi) is 4490. The quantitative estimate of drug-likeness (QED) is 0.324. The zero-order valence-electron chi connectivity index (χ0n) is 2.53. The SMILES string of the molecule is C.C=C.C=S. The lowest BCUT2D eigenvalue weighted by molar-refractivity contribution is 2.50. The van der Waals surface area contributed by atoms with E-state index in [0.717, 1.165) is 0 Å². The number of hydrogen-bond donors (Lipinski definition) is 0. The summed E-state index contributed by atoms with van der Waals surface area (Å²) in [4.78, 5) is 0. The van der Waals surface area contributed by atoms with Gasteiger partial charge in [0.05, 0.1) is 0 Å². The largest absolute Gasteiger partial charge is 0.106 e. The number of hydrogen-bond acceptors (Lipinski definition) is 1. The van der Waals surface area contributed by atoms with Crippen molar-refractivity contribution < 1.29 is 0 Å². The lowest BCUT2D eigenvalue weighted by Crippen LogP contribution is -0.660. The molecule has 0 N–H and O–H groups in total. The van der Waals surface area contributed by atoms with E-state index in [1.54, 1.807) is 0 Å². The summed E-state index contributed by atoms with van der Waals surface area (Å²) in [5.41, 5.74) is 0. The highest BCUT2D eigenvalue weighted by Gasteiger charge is 0.642. The van der Waals surface area contributed by atoms with Crippen molar-refractivity contribution in [2.24, 2.45) is 0 Å². The van der Waals surface area contributed by atoms with Gasteiger partial charge in [0.15, 0.2) is 0 Å². The van der Waals surface area contributed by atoms with Crippen LogP contribution in [0.1, 0.15) is 7.43 Å². The van der Waals surface area contributed by atoms with E-state index in [0.29, 0.717) is 0 Å². The Balaban J connectivity index is -0.0000000133. The maximum atomic E-state index is 3.83. The second-order valence-corrected chi connectivity index (χ2v) is 0. The maximum absolute atomic E-state index is 3.83. The normalized spacial score (nSPS) is 1.60. The lowest BCUT2D eigenvalue weighted by atomic mass is 11.3. The molecule has 0 aromatic rings. The van der Waals surface area contributed by atoms with Crippen LogP contribution in [0.15, 0.2) is 13.2 Å². The van der Waals surface area contributed by atoms with Gasteiger partial charge in [-0.15, -0.1) is 13.2 Å². The Bertz CT molecular complexity index is 5.61. The van der Waals surface area contributed by atoms with Crippen molar-refractivity contribution in [2.75, 3.05) is 0 Å². The lowest BCUT2D eigenvalue weighted by Gasteiger charge is -0.813. The van der Waals surface area contributed by atoms with Gasteiger partial charge in [0.2, 0.25) is 0 Å². The fourth-order valence-corrected chi connectivity index (χ4v) is 0. The minimum absolute atomic E-state index is 0. The van der Waals surface area contributed by atoms with E-state index in [9.17, 15) is 0 Å². The third kappa shape index (κ3) is 444. The van der Waals surface area contributed by atoms with Crippen LogP contribution in [0.2, 0.25) is 0 Å². The number of rotatable bonds is 0. The Morgan fingerprint density at radius 1 is 1.00 bits per heavy atom. The minimum Gasteiger partial charge on any atom is -0.106 e. The van der Waals surface area contributed by atoms with Crippen LogP contribution < -0.4 is 0 Å². The molecule has 0 aliphatic carbocycles. The van der Waals surface area contributed by atoms with Crippen LogP contribution in [0, 0.1) is 0 Å².